The Kier molecular flexibility index (Phi) is 3.54. The second kappa shape index (κ2) is 5.34. The van der Waals surface area contributed by atoms with Gasteiger partial charge in [0, 0.05) is 9.79 Å². The number of fused-ring (bicyclic) bond motifs is 2. The van der Waals surface area contributed by atoms with Gasteiger partial charge >= 0.3 is 0 Å². The third-order valence-electron chi connectivity index (χ3n) is 3.76. The number of benzene rings is 2. The topological polar surface area (TPSA) is 0 Å². The normalized spacial score (nSPS) is 14.3. The molecule has 1 atom stereocenters. The van der Waals surface area contributed by atoms with E-state index in [2.05, 4.69) is 62.5 Å². The Labute approximate surface area is 125 Å². The van der Waals surface area contributed by atoms with Crippen molar-refractivity contribution in [3.05, 3.63) is 78.4 Å². The second-order valence-electron chi connectivity index (χ2n) is 5.32. The van der Waals surface area contributed by atoms with Crippen molar-refractivity contribution < 1.29 is 0 Å². The molecule has 0 aliphatic carbocycles. The van der Waals surface area contributed by atoms with Gasteiger partial charge < -0.3 is 0 Å². The molecule has 3 rings (SSSR count). The lowest BCUT2D eigenvalue weighted by atomic mass is 9.94. The lowest BCUT2D eigenvalue weighted by Gasteiger charge is -2.22. The van der Waals surface area contributed by atoms with Crippen LogP contribution in [0.2, 0.25) is 0 Å². The van der Waals surface area contributed by atoms with Crippen LogP contribution in [0.3, 0.4) is 0 Å². The maximum Gasteiger partial charge on any atom is 0.0201 e. The van der Waals surface area contributed by atoms with Crippen molar-refractivity contribution >= 4 is 17.3 Å². The zero-order chi connectivity index (χ0) is 14.1. The molecule has 0 fully saturated rings. The van der Waals surface area contributed by atoms with Gasteiger partial charge in [-0.3, -0.25) is 0 Å². The van der Waals surface area contributed by atoms with Crippen molar-refractivity contribution in [3.8, 4) is 0 Å². The first-order valence-electron chi connectivity index (χ1n) is 6.91. The molecular weight excluding hydrogens is 260 g/mol. The van der Waals surface area contributed by atoms with Gasteiger partial charge in [0.15, 0.2) is 0 Å². The minimum Gasteiger partial charge on any atom is -0.103 e. The highest BCUT2D eigenvalue weighted by Gasteiger charge is 2.19. The van der Waals surface area contributed by atoms with Crippen molar-refractivity contribution in [1.82, 2.24) is 0 Å². The molecule has 1 aliphatic heterocycles. The van der Waals surface area contributed by atoms with E-state index in [-0.39, 0.29) is 0 Å². The molecule has 0 nitrogen and oxygen atoms in total. The summed E-state index contributed by atoms with van der Waals surface area (Å²) >= 11 is 1.84. The van der Waals surface area contributed by atoms with Gasteiger partial charge in [0.1, 0.15) is 0 Å². The molecule has 20 heavy (non-hydrogen) atoms. The van der Waals surface area contributed by atoms with Crippen LogP contribution in [0.1, 0.15) is 23.6 Å². The summed E-state index contributed by atoms with van der Waals surface area (Å²) in [5, 5.41) is 0. The van der Waals surface area contributed by atoms with E-state index < -0.39 is 0 Å². The highest BCUT2D eigenvalue weighted by atomic mass is 32.2. The standard InChI is InChI=1S/C19H18S/c1-4-13(2)11-15-9-10-19-17(12-15)14(3)16-7-5-6-8-18(16)20-19/h4-10,12-13H,1,3,11H2,2H3. The molecule has 1 heterocycles. The van der Waals surface area contributed by atoms with Gasteiger partial charge in [0.25, 0.3) is 0 Å². The summed E-state index contributed by atoms with van der Waals surface area (Å²) in [5.41, 5.74) is 5.04. The second-order valence-corrected chi connectivity index (χ2v) is 6.41. The lowest BCUT2D eigenvalue weighted by Crippen LogP contribution is -2.01. The van der Waals surface area contributed by atoms with Gasteiger partial charge in [-0.2, -0.15) is 0 Å². The summed E-state index contributed by atoms with van der Waals surface area (Å²) in [6.07, 6.45) is 3.05. The summed E-state index contributed by atoms with van der Waals surface area (Å²) in [5.74, 6) is 0.504. The third kappa shape index (κ3) is 2.34. The van der Waals surface area contributed by atoms with Crippen molar-refractivity contribution in [2.45, 2.75) is 23.1 Å². The molecule has 0 amide bonds. The highest BCUT2D eigenvalue weighted by Crippen LogP contribution is 2.44. The Bertz CT molecular complexity index is 682. The monoisotopic (exact) mass is 278 g/mol. The predicted octanol–water partition coefficient (Wildman–Crippen LogP) is 5.58. The first-order chi connectivity index (χ1) is 9.69. The summed E-state index contributed by atoms with van der Waals surface area (Å²) in [6, 6.07) is 15.2. The van der Waals surface area contributed by atoms with E-state index in [1.165, 1.54) is 26.5 Å². The highest BCUT2D eigenvalue weighted by molar-refractivity contribution is 7.99. The van der Waals surface area contributed by atoms with Gasteiger partial charge in [-0.15, -0.1) is 6.58 Å². The lowest BCUT2D eigenvalue weighted by molar-refractivity contribution is 0.725. The molecule has 0 saturated heterocycles. The average molecular weight is 278 g/mol. The maximum atomic E-state index is 4.30. The largest absolute Gasteiger partial charge is 0.103 e. The first kappa shape index (κ1) is 13.3. The summed E-state index contributed by atoms with van der Waals surface area (Å²) < 4.78 is 0. The average Bonchev–Trinajstić information content (AvgIpc) is 2.48. The summed E-state index contributed by atoms with van der Waals surface area (Å²) in [7, 11) is 0. The first-order valence-corrected chi connectivity index (χ1v) is 7.72. The zero-order valence-corrected chi connectivity index (χ0v) is 12.5. The molecule has 0 radical (unpaired) electrons. The molecule has 0 spiro atoms. The molecule has 0 saturated carbocycles. The van der Waals surface area contributed by atoms with E-state index in [0.717, 1.165) is 12.0 Å². The molecule has 2 aromatic carbocycles. The van der Waals surface area contributed by atoms with E-state index in [1.807, 2.05) is 17.8 Å². The summed E-state index contributed by atoms with van der Waals surface area (Å²) in [4.78, 5) is 2.61. The molecule has 100 valence electrons. The summed E-state index contributed by atoms with van der Waals surface area (Å²) in [6.45, 7) is 10.4. The van der Waals surface area contributed by atoms with Gasteiger partial charge in [0.2, 0.25) is 0 Å². The minimum atomic E-state index is 0.504. The predicted molar refractivity (Wildman–Crippen MR) is 88.2 cm³/mol. The van der Waals surface area contributed by atoms with Crippen LogP contribution in [0.15, 0.2) is 71.5 Å². The van der Waals surface area contributed by atoms with Crippen LogP contribution in [-0.2, 0) is 6.42 Å². The number of hydrogen-bond donors (Lipinski definition) is 0. The maximum absolute atomic E-state index is 4.30. The van der Waals surface area contributed by atoms with E-state index in [0.29, 0.717) is 5.92 Å². The van der Waals surface area contributed by atoms with Crippen LogP contribution < -0.4 is 0 Å². The van der Waals surface area contributed by atoms with Gasteiger partial charge in [-0.25, -0.2) is 0 Å². The van der Waals surface area contributed by atoms with E-state index in [4.69, 9.17) is 0 Å². The van der Waals surface area contributed by atoms with Crippen LogP contribution >= 0.6 is 11.8 Å². The molecule has 1 unspecified atom stereocenters. The fourth-order valence-electron chi connectivity index (χ4n) is 2.55. The van der Waals surface area contributed by atoms with E-state index in [1.54, 1.807) is 0 Å². The Hall–Kier alpha value is -1.73. The number of allylic oxidation sites excluding steroid dienone is 1. The van der Waals surface area contributed by atoms with Crippen molar-refractivity contribution in [3.63, 3.8) is 0 Å². The SMILES string of the molecule is C=CC(C)Cc1ccc2c(c1)C(=C)c1ccccc1S2. The number of hydrogen-bond acceptors (Lipinski definition) is 1. The Morgan fingerprint density at radius 3 is 2.65 bits per heavy atom. The van der Waals surface area contributed by atoms with Crippen molar-refractivity contribution in [2.75, 3.05) is 0 Å². The van der Waals surface area contributed by atoms with E-state index >= 15 is 0 Å². The third-order valence-corrected chi connectivity index (χ3v) is 4.91. The quantitative estimate of drug-likeness (QED) is 0.564. The fourth-order valence-corrected chi connectivity index (χ4v) is 3.67. The van der Waals surface area contributed by atoms with E-state index in [9.17, 15) is 0 Å². The van der Waals surface area contributed by atoms with Crippen LogP contribution in [0.25, 0.3) is 5.57 Å². The number of rotatable bonds is 3. The smallest absolute Gasteiger partial charge is 0.0201 e. The fraction of sp³-hybridized carbons (Fsp3) is 0.158. The zero-order valence-electron chi connectivity index (χ0n) is 11.7. The molecule has 0 bridgehead atoms. The minimum absolute atomic E-state index is 0.504. The van der Waals surface area contributed by atoms with Crippen molar-refractivity contribution in [1.29, 1.82) is 0 Å². The Balaban J connectivity index is 2.00. The molecule has 2 aromatic rings. The van der Waals surface area contributed by atoms with Crippen LogP contribution in [0.4, 0.5) is 0 Å². The molecule has 0 aromatic heterocycles. The Morgan fingerprint density at radius 1 is 1.10 bits per heavy atom. The molecule has 1 aliphatic rings. The van der Waals surface area contributed by atoms with Crippen LogP contribution in [-0.4, -0.2) is 0 Å². The van der Waals surface area contributed by atoms with Crippen molar-refractivity contribution in [2.24, 2.45) is 5.92 Å². The van der Waals surface area contributed by atoms with Crippen LogP contribution in [0, 0.1) is 5.92 Å². The Morgan fingerprint density at radius 2 is 1.85 bits per heavy atom. The van der Waals surface area contributed by atoms with Crippen LogP contribution in [0.5, 0.6) is 0 Å². The van der Waals surface area contributed by atoms with Gasteiger partial charge in [-0.1, -0.05) is 55.6 Å². The molecule has 0 N–H and O–H groups in total. The molecule has 1 heteroatoms. The molecular formula is C19H18S. The van der Waals surface area contributed by atoms with Gasteiger partial charge in [-0.05, 0) is 52.8 Å². The van der Waals surface area contributed by atoms with Gasteiger partial charge in [0.05, 0.1) is 0 Å².